The number of fused-ring (bicyclic) bond motifs is 4. The molecule has 9 rings (SSSR count). The van der Waals surface area contributed by atoms with Gasteiger partial charge in [-0.2, -0.15) is 0 Å². The summed E-state index contributed by atoms with van der Waals surface area (Å²) in [4.78, 5) is 30.2. The Morgan fingerprint density at radius 3 is 1.88 bits per heavy atom. The SMILES string of the molecule is Cc1ccc2ccc3c(-c4nc(-c5ccccc5)nc(-c5cccc(-c6cccc7cccnc67)c5)n4)cc(-c4ccccc4)nc3c2n1. The van der Waals surface area contributed by atoms with Crippen LogP contribution in [-0.2, 0) is 0 Å². The van der Waals surface area contributed by atoms with E-state index in [-0.39, 0.29) is 0 Å². The van der Waals surface area contributed by atoms with Crippen molar-refractivity contribution in [2.24, 2.45) is 0 Å². The second kappa shape index (κ2) is 11.9. The molecule has 0 atom stereocenters. The van der Waals surface area contributed by atoms with Gasteiger partial charge >= 0.3 is 0 Å². The largest absolute Gasteiger partial charge is 0.256 e. The molecule has 0 bridgehead atoms. The van der Waals surface area contributed by atoms with Crippen molar-refractivity contribution in [3.05, 3.63) is 157 Å². The molecule has 6 heteroatoms. The van der Waals surface area contributed by atoms with Gasteiger partial charge in [0.05, 0.1) is 22.2 Å². The lowest BCUT2D eigenvalue weighted by Crippen LogP contribution is -2.02. The van der Waals surface area contributed by atoms with E-state index in [1.807, 2.05) is 79.9 Å². The highest BCUT2D eigenvalue weighted by Crippen LogP contribution is 2.36. The Bertz CT molecular complexity index is 2670. The van der Waals surface area contributed by atoms with Gasteiger partial charge in [-0.15, -0.1) is 0 Å². The Hall–Kier alpha value is -6.66. The number of pyridine rings is 3. The third-order valence-electron chi connectivity index (χ3n) is 8.82. The average Bonchev–Trinajstić information content (AvgIpc) is 3.17. The topological polar surface area (TPSA) is 77.3 Å². The Morgan fingerprint density at radius 1 is 0.388 bits per heavy atom. The Balaban J connectivity index is 1.30. The first-order chi connectivity index (χ1) is 24.2. The first-order valence-corrected chi connectivity index (χ1v) is 16.2. The van der Waals surface area contributed by atoms with E-state index in [0.717, 1.165) is 77.5 Å². The molecule has 0 aliphatic rings. The number of hydrogen-bond donors (Lipinski definition) is 0. The molecule has 0 spiro atoms. The molecular weight excluding hydrogens is 601 g/mol. The van der Waals surface area contributed by atoms with Crippen molar-refractivity contribution >= 4 is 32.7 Å². The summed E-state index contributed by atoms with van der Waals surface area (Å²) in [6.07, 6.45) is 1.84. The number of nitrogens with zero attached hydrogens (tertiary/aromatic N) is 6. The van der Waals surface area contributed by atoms with Crippen LogP contribution in [0.3, 0.4) is 0 Å². The number of aromatic nitrogens is 6. The number of rotatable bonds is 5. The van der Waals surface area contributed by atoms with Gasteiger partial charge in [0, 0.05) is 55.9 Å². The van der Waals surface area contributed by atoms with Crippen molar-refractivity contribution in [1.82, 2.24) is 29.9 Å². The normalized spacial score (nSPS) is 11.4. The molecule has 0 radical (unpaired) electrons. The number of para-hydroxylation sites is 1. The van der Waals surface area contributed by atoms with Crippen molar-refractivity contribution in [2.45, 2.75) is 6.92 Å². The molecule has 0 unspecified atom stereocenters. The maximum Gasteiger partial charge on any atom is 0.164 e. The molecule has 5 aromatic carbocycles. The van der Waals surface area contributed by atoms with Gasteiger partial charge in [-0.3, -0.25) is 9.97 Å². The summed E-state index contributed by atoms with van der Waals surface area (Å²) in [7, 11) is 0. The van der Waals surface area contributed by atoms with E-state index in [2.05, 4.69) is 78.9 Å². The summed E-state index contributed by atoms with van der Waals surface area (Å²) in [6, 6.07) is 49.3. The first kappa shape index (κ1) is 28.6. The van der Waals surface area contributed by atoms with Crippen LogP contribution in [0.25, 0.3) is 89.3 Å². The summed E-state index contributed by atoms with van der Waals surface area (Å²) in [5, 5.41) is 3.05. The summed E-state index contributed by atoms with van der Waals surface area (Å²) in [5.41, 5.74) is 10.1. The van der Waals surface area contributed by atoms with Crippen molar-refractivity contribution < 1.29 is 0 Å². The Morgan fingerprint density at radius 2 is 1.04 bits per heavy atom. The molecular formula is C43H28N6. The van der Waals surface area contributed by atoms with Crippen LogP contribution in [0.2, 0.25) is 0 Å². The fourth-order valence-corrected chi connectivity index (χ4v) is 6.42. The molecule has 4 aromatic heterocycles. The number of aryl methyl sites for hydroxylation is 1. The second-order valence-corrected chi connectivity index (χ2v) is 12.0. The summed E-state index contributed by atoms with van der Waals surface area (Å²) >= 11 is 0. The molecule has 0 N–H and O–H groups in total. The minimum Gasteiger partial charge on any atom is -0.256 e. The third kappa shape index (κ3) is 5.26. The third-order valence-corrected chi connectivity index (χ3v) is 8.82. The predicted octanol–water partition coefficient (Wildman–Crippen LogP) is 10.2. The monoisotopic (exact) mass is 628 g/mol. The Labute approximate surface area is 282 Å². The van der Waals surface area contributed by atoms with Crippen LogP contribution in [0.4, 0.5) is 0 Å². The number of hydrogen-bond acceptors (Lipinski definition) is 6. The zero-order valence-electron chi connectivity index (χ0n) is 26.6. The second-order valence-electron chi connectivity index (χ2n) is 12.0. The maximum absolute atomic E-state index is 5.19. The van der Waals surface area contributed by atoms with Crippen molar-refractivity contribution in [3.63, 3.8) is 0 Å². The van der Waals surface area contributed by atoms with Crippen LogP contribution in [-0.4, -0.2) is 29.9 Å². The highest BCUT2D eigenvalue weighted by atomic mass is 15.0. The summed E-state index contributed by atoms with van der Waals surface area (Å²) in [6.45, 7) is 2.01. The fraction of sp³-hybridized carbons (Fsp3) is 0.0233. The lowest BCUT2D eigenvalue weighted by Gasteiger charge is -2.14. The van der Waals surface area contributed by atoms with E-state index < -0.39 is 0 Å². The van der Waals surface area contributed by atoms with Gasteiger partial charge in [-0.25, -0.2) is 19.9 Å². The van der Waals surface area contributed by atoms with Gasteiger partial charge in [-0.05, 0) is 36.8 Å². The average molecular weight is 629 g/mol. The number of benzene rings is 5. The summed E-state index contributed by atoms with van der Waals surface area (Å²) < 4.78 is 0. The van der Waals surface area contributed by atoms with Gasteiger partial charge < -0.3 is 0 Å². The van der Waals surface area contributed by atoms with E-state index in [1.165, 1.54) is 0 Å². The van der Waals surface area contributed by atoms with E-state index in [9.17, 15) is 0 Å². The molecule has 6 nitrogen and oxygen atoms in total. The van der Waals surface area contributed by atoms with Gasteiger partial charge in [0.1, 0.15) is 0 Å². The van der Waals surface area contributed by atoms with Crippen LogP contribution >= 0.6 is 0 Å². The van der Waals surface area contributed by atoms with Gasteiger partial charge in [0.2, 0.25) is 0 Å². The molecule has 0 saturated heterocycles. The van der Waals surface area contributed by atoms with Gasteiger partial charge in [0.25, 0.3) is 0 Å². The standard InChI is InChI=1S/C43H28N6/c1-27-20-21-30-22-23-35-36(26-37(28-11-4-2-5-12-28)46-40(35)39(30)45-27)43-48-41(31-13-6-3-7-14-31)47-42(49-43)33-17-8-16-32(25-33)34-19-9-15-29-18-10-24-44-38(29)34/h2-26H,1H3. The van der Waals surface area contributed by atoms with Crippen molar-refractivity contribution in [2.75, 3.05) is 0 Å². The lowest BCUT2D eigenvalue weighted by molar-refractivity contribution is 1.08. The molecule has 230 valence electrons. The molecule has 0 aliphatic carbocycles. The smallest absolute Gasteiger partial charge is 0.164 e. The predicted molar refractivity (Wildman–Crippen MR) is 198 cm³/mol. The molecule has 4 heterocycles. The van der Waals surface area contributed by atoms with Crippen LogP contribution in [0.1, 0.15) is 5.69 Å². The molecule has 0 saturated carbocycles. The molecule has 0 amide bonds. The van der Waals surface area contributed by atoms with E-state index in [1.54, 1.807) is 0 Å². The highest BCUT2D eigenvalue weighted by molar-refractivity contribution is 6.08. The molecule has 0 aliphatic heterocycles. The molecule has 0 fully saturated rings. The van der Waals surface area contributed by atoms with E-state index in [4.69, 9.17) is 29.9 Å². The van der Waals surface area contributed by atoms with E-state index in [0.29, 0.717) is 17.5 Å². The van der Waals surface area contributed by atoms with Crippen LogP contribution in [0.5, 0.6) is 0 Å². The Kier molecular flexibility index (Phi) is 6.91. The van der Waals surface area contributed by atoms with Gasteiger partial charge in [-0.1, -0.05) is 121 Å². The van der Waals surface area contributed by atoms with Crippen molar-refractivity contribution in [1.29, 1.82) is 0 Å². The highest BCUT2D eigenvalue weighted by Gasteiger charge is 2.19. The maximum atomic E-state index is 5.19. The zero-order chi connectivity index (χ0) is 32.7. The summed E-state index contributed by atoms with van der Waals surface area (Å²) in [5.74, 6) is 1.75. The minimum atomic E-state index is 0.567. The van der Waals surface area contributed by atoms with Gasteiger partial charge in [0.15, 0.2) is 17.5 Å². The molecule has 49 heavy (non-hydrogen) atoms. The first-order valence-electron chi connectivity index (χ1n) is 16.2. The van der Waals surface area contributed by atoms with Crippen molar-refractivity contribution in [3.8, 4) is 56.5 Å². The van der Waals surface area contributed by atoms with Crippen LogP contribution in [0, 0.1) is 6.92 Å². The minimum absolute atomic E-state index is 0.567. The quantitative estimate of drug-likeness (QED) is 0.177. The molecule has 9 aromatic rings. The van der Waals surface area contributed by atoms with Crippen LogP contribution in [0.15, 0.2) is 152 Å². The zero-order valence-corrected chi connectivity index (χ0v) is 26.6. The lowest BCUT2D eigenvalue weighted by atomic mass is 9.99. The fourth-order valence-electron chi connectivity index (χ4n) is 6.42. The van der Waals surface area contributed by atoms with E-state index >= 15 is 0 Å². The van der Waals surface area contributed by atoms with Crippen LogP contribution < -0.4 is 0 Å².